The summed E-state index contributed by atoms with van der Waals surface area (Å²) in [7, 11) is 1.71. The van der Waals surface area contributed by atoms with Crippen LogP contribution in [0.3, 0.4) is 0 Å². The van der Waals surface area contributed by atoms with Crippen LogP contribution in [0.4, 0.5) is 0 Å². The lowest BCUT2D eigenvalue weighted by Crippen LogP contribution is -2.14. The Morgan fingerprint density at radius 3 is 2.95 bits per heavy atom. The molecule has 0 aliphatic rings. The third-order valence-electron chi connectivity index (χ3n) is 2.84. The van der Waals surface area contributed by atoms with Crippen LogP contribution in [-0.2, 0) is 17.9 Å². The van der Waals surface area contributed by atoms with Gasteiger partial charge in [-0.1, -0.05) is 35.0 Å². The molecule has 0 spiro atoms. The first-order valence-electron chi connectivity index (χ1n) is 6.68. The molecule has 3 nitrogen and oxygen atoms in total. The highest BCUT2D eigenvalue weighted by Gasteiger charge is 2.12. The smallest absolute Gasteiger partial charge is 0.124 e. The number of nitrogens with one attached hydrogen (secondary N) is 1. The van der Waals surface area contributed by atoms with Gasteiger partial charge in [-0.25, -0.2) is 4.98 Å². The molecule has 0 radical (unpaired) electrons. The van der Waals surface area contributed by atoms with E-state index in [1.165, 1.54) is 4.88 Å². The van der Waals surface area contributed by atoms with E-state index >= 15 is 0 Å². The molecule has 20 heavy (non-hydrogen) atoms. The van der Waals surface area contributed by atoms with Gasteiger partial charge in [-0.2, -0.15) is 0 Å². The van der Waals surface area contributed by atoms with Gasteiger partial charge in [0.15, 0.2) is 0 Å². The number of nitrogens with zero attached hydrogens (tertiary/aromatic N) is 1. The third-order valence-corrected chi connectivity index (χ3v) is 4.48. The van der Waals surface area contributed by atoms with E-state index in [1.54, 1.807) is 18.4 Å². The summed E-state index contributed by atoms with van der Waals surface area (Å²) in [5, 5.41) is 4.48. The lowest BCUT2D eigenvalue weighted by molar-refractivity contribution is 0.181. The highest BCUT2D eigenvalue weighted by molar-refractivity contribution is 9.10. The van der Waals surface area contributed by atoms with Crippen molar-refractivity contribution in [3.63, 3.8) is 0 Å². The maximum Gasteiger partial charge on any atom is 0.124 e. The monoisotopic (exact) mass is 354 g/mol. The number of methoxy groups -OCH3 is 1. The topological polar surface area (TPSA) is 34.2 Å². The van der Waals surface area contributed by atoms with Crippen LogP contribution in [0, 0.1) is 0 Å². The Bertz CT molecular complexity index is 557. The summed E-state index contributed by atoms with van der Waals surface area (Å²) in [4.78, 5) is 5.98. The number of hydrogen-bond acceptors (Lipinski definition) is 4. The van der Waals surface area contributed by atoms with Crippen molar-refractivity contribution in [2.75, 3.05) is 13.7 Å². The van der Waals surface area contributed by atoms with Crippen molar-refractivity contribution >= 4 is 27.3 Å². The van der Waals surface area contributed by atoms with Gasteiger partial charge in [0.1, 0.15) is 5.01 Å². The van der Waals surface area contributed by atoms with Crippen LogP contribution in [0.15, 0.2) is 28.7 Å². The second-order valence-electron chi connectivity index (χ2n) is 4.51. The fourth-order valence-corrected chi connectivity index (χ4v) is 3.32. The summed E-state index contributed by atoms with van der Waals surface area (Å²) in [6.07, 6.45) is 1.14. The number of halogens is 1. The minimum atomic E-state index is 0.563. The molecule has 0 saturated carbocycles. The van der Waals surface area contributed by atoms with E-state index in [0.717, 1.165) is 40.2 Å². The second kappa shape index (κ2) is 7.88. The largest absolute Gasteiger partial charge is 0.378 e. The predicted molar refractivity (Wildman–Crippen MR) is 88.0 cm³/mol. The first-order valence-corrected chi connectivity index (χ1v) is 8.29. The molecule has 0 unspecified atom stereocenters. The summed E-state index contributed by atoms with van der Waals surface area (Å²) in [6, 6.07) is 8.24. The van der Waals surface area contributed by atoms with Crippen molar-refractivity contribution in [1.29, 1.82) is 0 Å². The Morgan fingerprint density at radius 1 is 1.40 bits per heavy atom. The summed E-state index contributed by atoms with van der Waals surface area (Å²) in [5.41, 5.74) is 2.18. The maximum absolute atomic E-state index is 5.25. The van der Waals surface area contributed by atoms with E-state index in [9.17, 15) is 0 Å². The van der Waals surface area contributed by atoms with Crippen LogP contribution >= 0.6 is 27.3 Å². The number of thiazole rings is 1. The molecule has 1 aromatic carbocycles. The van der Waals surface area contributed by atoms with E-state index in [0.29, 0.717) is 6.61 Å². The van der Waals surface area contributed by atoms with Crippen LogP contribution < -0.4 is 5.32 Å². The fraction of sp³-hybridized carbons (Fsp3) is 0.400. The number of aromatic nitrogens is 1. The maximum atomic E-state index is 5.25. The lowest BCUT2D eigenvalue weighted by Gasteiger charge is -2.02. The molecule has 0 atom stereocenters. The number of hydrogen-bond donors (Lipinski definition) is 1. The molecule has 5 heteroatoms. The molecule has 0 bridgehead atoms. The molecule has 0 saturated heterocycles. The fourth-order valence-electron chi connectivity index (χ4n) is 1.89. The zero-order chi connectivity index (χ0) is 14.4. The Morgan fingerprint density at radius 2 is 2.25 bits per heavy atom. The molecule has 108 valence electrons. The van der Waals surface area contributed by atoms with Crippen LogP contribution in [-0.4, -0.2) is 18.6 Å². The molecule has 0 fully saturated rings. The normalized spacial score (nSPS) is 10.9. The minimum absolute atomic E-state index is 0.563. The first-order chi connectivity index (χ1) is 9.74. The van der Waals surface area contributed by atoms with Crippen LogP contribution in [0.25, 0.3) is 10.6 Å². The van der Waals surface area contributed by atoms with E-state index in [4.69, 9.17) is 9.72 Å². The van der Waals surface area contributed by atoms with Gasteiger partial charge in [0, 0.05) is 28.6 Å². The van der Waals surface area contributed by atoms with Crippen molar-refractivity contribution in [2.45, 2.75) is 26.5 Å². The third kappa shape index (κ3) is 4.12. The molecule has 1 aromatic heterocycles. The molecule has 2 rings (SSSR count). The first kappa shape index (κ1) is 15.6. The van der Waals surface area contributed by atoms with Gasteiger partial charge in [-0.05, 0) is 25.1 Å². The van der Waals surface area contributed by atoms with Gasteiger partial charge in [-0.15, -0.1) is 11.3 Å². The molecular formula is C15H19BrN2OS. The van der Waals surface area contributed by atoms with Crippen LogP contribution in [0.2, 0.25) is 0 Å². The van der Waals surface area contributed by atoms with Gasteiger partial charge in [0.2, 0.25) is 0 Å². The van der Waals surface area contributed by atoms with Gasteiger partial charge in [0.25, 0.3) is 0 Å². The summed E-state index contributed by atoms with van der Waals surface area (Å²) < 4.78 is 6.33. The highest BCUT2D eigenvalue weighted by Crippen LogP contribution is 2.30. The second-order valence-corrected chi connectivity index (χ2v) is 6.51. The standard InChI is InChI=1S/C15H19BrN2OS/c1-3-7-17-9-14-13(10-19-2)18-15(20-14)11-5-4-6-12(16)8-11/h4-6,8,17H,3,7,9-10H2,1-2H3. The van der Waals surface area contributed by atoms with Crippen molar-refractivity contribution in [3.8, 4) is 10.6 Å². The van der Waals surface area contributed by atoms with Crippen molar-refractivity contribution in [1.82, 2.24) is 10.3 Å². The Labute approximate surface area is 132 Å². The lowest BCUT2D eigenvalue weighted by atomic mass is 10.2. The SMILES string of the molecule is CCCNCc1sc(-c2cccc(Br)c2)nc1COC. The average molecular weight is 355 g/mol. The van der Waals surface area contributed by atoms with Gasteiger partial charge in [-0.3, -0.25) is 0 Å². The number of benzene rings is 1. The van der Waals surface area contributed by atoms with E-state index in [1.807, 2.05) is 12.1 Å². The van der Waals surface area contributed by atoms with Gasteiger partial charge in [0.05, 0.1) is 12.3 Å². The van der Waals surface area contributed by atoms with Crippen molar-refractivity contribution in [2.24, 2.45) is 0 Å². The minimum Gasteiger partial charge on any atom is -0.378 e. The quantitative estimate of drug-likeness (QED) is 0.755. The number of rotatable bonds is 7. The zero-order valence-corrected chi connectivity index (χ0v) is 14.2. The molecule has 0 aliphatic heterocycles. The van der Waals surface area contributed by atoms with Gasteiger partial charge >= 0.3 is 0 Å². The van der Waals surface area contributed by atoms with Crippen molar-refractivity contribution in [3.05, 3.63) is 39.3 Å². The van der Waals surface area contributed by atoms with Crippen LogP contribution in [0.1, 0.15) is 23.9 Å². The summed E-state index contributed by atoms with van der Waals surface area (Å²) in [6.45, 7) is 4.62. The summed E-state index contributed by atoms with van der Waals surface area (Å²) >= 11 is 5.24. The molecular weight excluding hydrogens is 336 g/mol. The van der Waals surface area contributed by atoms with E-state index < -0.39 is 0 Å². The predicted octanol–water partition coefficient (Wildman–Crippen LogP) is 4.22. The average Bonchev–Trinajstić information content (AvgIpc) is 2.83. The Hall–Kier alpha value is -0.750. The van der Waals surface area contributed by atoms with E-state index in [2.05, 4.69) is 40.3 Å². The number of ether oxygens (including phenoxy) is 1. The molecule has 1 heterocycles. The van der Waals surface area contributed by atoms with Crippen molar-refractivity contribution < 1.29 is 4.74 Å². The molecule has 2 aromatic rings. The molecule has 0 aliphatic carbocycles. The summed E-state index contributed by atoms with van der Waals surface area (Å²) in [5.74, 6) is 0. The molecule has 0 amide bonds. The molecule has 1 N–H and O–H groups in total. The Kier molecular flexibility index (Phi) is 6.16. The highest BCUT2D eigenvalue weighted by atomic mass is 79.9. The van der Waals surface area contributed by atoms with Crippen LogP contribution in [0.5, 0.6) is 0 Å². The zero-order valence-electron chi connectivity index (χ0n) is 11.8. The van der Waals surface area contributed by atoms with Gasteiger partial charge < -0.3 is 10.1 Å². The van der Waals surface area contributed by atoms with E-state index in [-0.39, 0.29) is 0 Å². The Balaban J connectivity index is 2.23.